The van der Waals surface area contributed by atoms with Crippen molar-refractivity contribution in [3.63, 3.8) is 0 Å². The smallest absolute Gasteiger partial charge is 0.241 e. The Hall–Kier alpha value is -2.04. The zero-order chi connectivity index (χ0) is 14.9. The Balaban J connectivity index is 1.73. The van der Waals surface area contributed by atoms with Gasteiger partial charge in [0.15, 0.2) is 5.96 Å². The SMILES string of the molecule is CN=C(NCC(=O)N1CCCCC1)NCc1ccccc1. The maximum Gasteiger partial charge on any atom is 0.241 e. The van der Waals surface area contributed by atoms with Gasteiger partial charge in [0, 0.05) is 26.7 Å². The van der Waals surface area contributed by atoms with E-state index in [1.165, 1.54) is 12.0 Å². The predicted octanol–water partition coefficient (Wildman–Crippen LogP) is 1.36. The molecule has 1 amide bonds. The first kappa shape index (κ1) is 15.4. The Morgan fingerprint density at radius 3 is 2.52 bits per heavy atom. The zero-order valence-corrected chi connectivity index (χ0v) is 12.6. The summed E-state index contributed by atoms with van der Waals surface area (Å²) >= 11 is 0. The van der Waals surface area contributed by atoms with Crippen LogP contribution < -0.4 is 10.6 Å². The molecule has 1 aromatic carbocycles. The van der Waals surface area contributed by atoms with Gasteiger partial charge in [-0.25, -0.2) is 0 Å². The predicted molar refractivity (Wildman–Crippen MR) is 85.1 cm³/mol. The molecule has 1 heterocycles. The summed E-state index contributed by atoms with van der Waals surface area (Å²) in [4.78, 5) is 18.1. The Kier molecular flexibility index (Phi) is 6.06. The van der Waals surface area contributed by atoms with E-state index in [0.29, 0.717) is 19.0 Å². The third kappa shape index (κ3) is 5.10. The zero-order valence-electron chi connectivity index (χ0n) is 12.6. The third-order valence-corrected chi connectivity index (χ3v) is 3.64. The van der Waals surface area contributed by atoms with Gasteiger partial charge < -0.3 is 15.5 Å². The Labute approximate surface area is 126 Å². The van der Waals surface area contributed by atoms with Crippen molar-refractivity contribution in [2.24, 2.45) is 4.99 Å². The van der Waals surface area contributed by atoms with E-state index in [2.05, 4.69) is 27.8 Å². The van der Waals surface area contributed by atoms with Gasteiger partial charge in [-0.05, 0) is 24.8 Å². The van der Waals surface area contributed by atoms with Gasteiger partial charge in [0.1, 0.15) is 0 Å². The molecule has 2 rings (SSSR count). The van der Waals surface area contributed by atoms with Gasteiger partial charge in [-0.1, -0.05) is 30.3 Å². The molecule has 1 fully saturated rings. The van der Waals surface area contributed by atoms with E-state index in [0.717, 1.165) is 25.9 Å². The van der Waals surface area contributed by atoms with Crippen molar-refractivity contribution in [3.05, 3.63) is 35.9 Å². The van der Waals surface area contributed by atoms with E-state index >= 15 is 0 Å². The van der Waals surface area contributed by atoms with Gasteiger partial charge in [-0.15, -0.1) is 0 Å². The fraction of sp³-hybridized carbons (Fsp3) is 0.500. The first-order valence-corrected chi connectivity index (χ1v) is 7.56. The molecule has 0 atom stereocenters. The molecule has 0 bridgehead atoms. The highest BCUT2D eigenvalue weighted by molar-refractivity contribution is 5.86. The average molecular weight is 288 g/mol. The van der Waals surface area contributed by atoms with Crippen LogP contribution in [0.2, 0.25) is 0 Å². The van der Waals surface area contributed by atoms with Gasteiger partial charge in [0.2, 0.25) is 5.91 Å². The summed E-state index contributed by atoms with van der Waals surface area (Å²) < 4.78 is 0. The number of likely N-dealkylation sites (tertiary alicyclic amines) is 1. The average Bonchev–Trinajstić information content (AvgIpc) is 2.56. The lowest BCUT2D eigenvalue weighted by atomic mass is 10.1. The molecular formula is C16H24N4O. The summed E-state index contributed by atoms with van der Waals surface area (Å²) in [5.41, 5.74) is 1.18. The minimum atomic E-state index is 0.150. The number of carbonyl (C=O) groups is 1. The number of piperidine rings is 1. The van der Waals surface area contributed by atoms with E-state index in [4.69, 9.17) is 0 Å². The van der Waals surface area contributed by atoms with Gasteiger partial charge >= 0.3 is 0 Å². The third-order valence-electron chi connectivity index (χ3n) is 3.64. The lowest BCUT2D eigenvalue weighted by Crippen LogP contribution is -2.45. The van der Waals surface area contributed by atoms with Gasteiger partial charge in [0.05, 0.1) is 6.54 Å². The van der Waals surface area contributed by atoms with Crippen LogP contribution in [-0.4, -0.2) is 43.4 Å². The highest BCUT2D eigenvalue weighted by Crippen LogP contribution is 2.08. The van der Waals surface area contributed by atoms with Crippen molar-refractivity contribution in [2.75, 3.05) is 26.7 Å². The van der Waals surface area contributed by atoms with Crippen molar-refractivity contribution in [3.8, 4) is 0 Å². The lowest BCUT2D eigenvalue weighted by Gasteiger charge is -2.27. The second-order valence-electron chi connectivity index (χ2n) is 5.21. The second-order valence-corrected chi connectivity index (χ2v) is 5.21. The molecule has 0 unspecified atom stereocenters. The molecule has 1 saturated heterocycles. The van der Waals surface area contributed by atoms with E-state index in [-0.39, 0.29) is 5.91 Å². The number of benzene rings is 1. The van der Waals surface area contributed by atoms with Crippen molar-refractivity contribution < 1.29 is 4.79 Å². The summed E-state index contributed by atoms with van der Waals surface area (Å²) in [5.74, 6) is 0.807. The highest BCUT2D eigenvalue weighted by atomic mass is 16.2. The van der Waals surface area contributed by atoms with Crippen LogP contribution in [0.3, 0.4) is 0 Å². The largest absolute Gasteiger partial charge is 0.352 e. The number of hydrogen-bond donors (Lipinski definition) is 2. The number of guanidine groups is 1. The monoisotopic (exact) mass is 288 g/mol. The van der Waals surface area contributed by atoms with Crippen molar-refractivity contribution in [1.82, 2.24) is 15.5 Å². The number of amides is 1. The molecule has 114 valence electrons. The van der Waals surface area contributed by atoms with Crippen LogP contribution >= 0.6 is 0 Å². The summed E-state index contributed by atoms with van der Waals surface area (Å²) in [6, 6.07) is 10.1. The number of carbonyl (C=O) groups excluding carboxylic acids is 1. The van der Waals surface area contributed by atoms with Crippen LogP contribution in [0.5, 0.6) is 0 Å². The quantitative estimate of drug-likeness (QED) is 0.650. The van der Waals surface area contributed by atoms with Gasteiger partial charge in [0.25, 0.3) is 0 Å². The molecule has 5 heteroatoms. The first-order chi connectivity index (χ1) is 10.3. The lowest BCUT2D eigenvalue weighted by molar-refractivity contribution is -0.130. The molecule has 1 aromatic rings. The van der Waals surface area contributed by atoms with Crippen LogP contribution in [0.25, 0.3) is 0 Å². The fourth-order valence-corrected chi connectivity index (χ4v) is 2.42. The Morgan fingerprint density at radius 1 is 1.14 bits per heavy atom. The molecule has 5 nitrogen and oxygen atoms in total. The van der Waals surface area contributed by atoms with Crippen LogP contribution in [-0.2, 0) is 11.3 Å². The normalized spacial score (nSPS) is 15.7. The molecule has 0 spiro atoms. The van der Waals surface area contributed by atoms with Crippen LogP contribution in [0.4, 0.5) is 0 Å². The van der Waals surface area contributed by atoms with E-state index < -0.39 is 0 Å². The van der Waals surface area contributed by atoms with Crippen molar-refractivity contribution in [2.45, 2.75) is 25.8 Å². The highest BCUT2D eigenvalue weighted by Gasteiger charge is 2.16. The molecular weight excluding hydrogens is 264 g/mol. The molecule has 1 aliphatic heterocycles. The molecule has 1 aliphatic rings. The maximum atomic E-state index is 12.1. The number of nitrogens with zero attached hydrogens (tertiary/aromatic N) is 2. The van der Waals surface area contributed by atoms with E-state index in [9.17, 15) is 4.79 Å². The topological polar surface area (TPSA) is 56.7 Å². The molecule has 0 radical (unpaired) electrons. The fourth-order valence-electron chi connectivity index (χ4n) is 2.42. The molecule has 0 aromatic heterocycles. The molecule has 21 heavy (non-hydrogen) atoms. The molecule has 2 N–H and O–H groups in total. The Bertz CT molecular complexity index is 466. The van der Waals surface area contributed by atoms with Crippen molar-refractivity contribution in [1.29, 1.82) is 0 Å². The van der Waals surface area contributed by atoms with Crippen LogP contribution in [0.15, 0.2) is 35.3 Å². The number of nitrogens with one attached hydrogen (secondary N) is 2. The van der Waals surface area contributed by atoms with Crippen LogP contribution in [0.1, 0.15) is 24.8 Å². The first-order valence-electron chi connectivity index (χ1n) is 7.56. The Morgan fingerprint density at radius 2 is 1.86 bits per heavy atom. The second kappa shape index (κ2) is 8.29. The number of aliphatic imine (C=N–C) groups is 1. The van der Waals surface area contributed by atoms with Crippen molar-refractivity contribution >= 4 is 11.9 Å². The summed E-state index contributed by atoms with van der Waals surface area (Å²) in [6.45, 7) is 2.76. The number of hydrogen-bond acceptors (Lipinski definition) is 2. The number of rotatable bonds is 4. The molecule has 0 saturated carbocycles. The maximum absolute atomic E-state index is 12.1. The van der Waals surface area contributed by atoms with Gasteiger partial charge in [-0.2, -0.15) is 0 Å². The van der Waals surface area contributed by atoms with Crippen LogP contribution in [0, 0.1) is 0 Å². The van der Waals surface area contributed by atoms with E-state index in [1.807, 2.05) is 23.1 Å². The van der Waals surface area contributed by atoms with Gasteiger partial charge in [-0.3, -0.25) is 9.79 Å². The minimum absolute atomic E-state index is 0.150. The molecule has 0 aliphatic carbocycles. The summed E-state index contributed by atoms with van der Waals surface area (Å²) in [7, 11) is 1.71. The summed E-state index contributed by atoms with van der Waals surface area (Å²) in [5, 5.41) is 6.30. The van der Waals surface area contributed by atoms with E-state index in [1.54, 1.807) is 7.05 Å². The standard InChI is InChI=1S/C16H24N4O/c1-17-16(18-12-14-8-4-2-5-9-14)19-13-15(21)20-10-6-3-7-11-20/h2,4-5,8-9H,3,6-7,10-13H2,1H3,(H2,17,18,19). The summed E-state index contributed by atoms with van der Waals surface area (Å²) in [6.07, 6.45) is 3.47. The minimum Gasteiger partial charge on any atom is -0.352 e.